The summed E-state index contributed by atoms with van der Waals surface area (Å²) < 4.78 is 5.27. The third kappa shape index (κ3) is 2.98. The van der Waals surface area contributed by atoms with Gasteiger partial charge in [0, 0.05) is 39.6 Å². The molecule has 1 aliphatic heterocycles. The molecule has 0 aliphatic carbocycles. The van der Waals surface area contributed by atoms with Gasteiger partial charge in [0.1, 0.15) is 6.07 Å². The van der Waals surface area contributed by atoms with E-state index in [4.69, 9.17) is 15.7 Å². The number of nitrogens with zero attached hydrogens (tertiary/aromatic N) is 2. The highest BCUT2D eigenvalue weighted by molar-refractivity contribution is 5.73. The zero-order valence-electron chi connectivity index (χ0n) is 11.1. The quantitative estimate of drug-likeness (QED) is 0.797. The van der Waals surface area contributed by atoms with Gasteiger partial charge in [0.25, 0.3) is 0 Å². The Bertz CT molecular complexity index is 490. The molecule has 1 fully saturated rings. The summed E-state index contributed by atoms with van der Waals surface area (Å²) in [7, 11) is 1.88. The summed E-state index contributed by atoms with van der Waals surface area (Å²) in [6, 6.07) is 7.42. The molecule has 5 heteroatoms. The van der Waals surface area contributed by atoms with Crippen LogP contribution in [0.4, 0.5) is 11.4 Å². The summed E-state index contributed by atoms with van der Waals surface area (Å²) in [4.78, 5) is 1.90. The van der Waals surface area contributed by atoms with Gasteiger partial charge in [-0.05, 0) is 12.1 Å². The fourth-order valence-electron chi connectivity index (χ4n) is 2.42. The molecule has 0 bridgehead atoms. The molecule has 0 unspecified atom stereocenters. The van der Waals surface area contributed by atoms with Gasteiger partial charge >= 0.3 is 0 Å². The zero-order valence-corrected chi connectivity index (χ0v) is 11.1. The third-order valence-electron chi connectivity index (χ3n) is 3.57. The largest absolute Gasteiger partial charge is 0.396 e. The van der Waals surface area contributed by atoms with Gasteiger partial charge in [0.05, 0.1) is 22.5 Å². The maximum absolute atomic E-state index is 10.5. The Kier molecular flexibility index (Phi) is 3.93. The van der Waals surface area contributed by atoms with Crippen molar-refractivity contribution in [1.82, 2.24) is 0 Å². The van der Waals surface area contributed by atoms with Crippen molar-refractivity contribution in [1.29, 1.82) is 5.26 Å². The number of hydrogen-bond donors (Lipinski definition) is 2. The third-order valence-corrected chi connectivity index (χ3v) is 3.57. The molecule has 0 aromatic heterocycles. The Labute approximate surface area is 113 Å². The summed E-state index contributed by atoms with van der Waals surface area (Å²) in [6.45, 7) is 1.64. The van der Waals surface area contributed by atoms with Crippen molar-refractivity contribution < 1.29 is 9.84 Å². The van der Waals surface area contributed by atoms with Crippen LogP contribution < -0.4 is 10.6 Å². The average Bonchev–Trinajstić information content (AvgIpc) is 2.39. The number of rotatable bonds is 3. The Morgan fingerprint density at radius 1 is 1.47 bits per heavy atom. The predicted octanol–water partition coefficient (Wildman–Crippen LogP) is 1.12. The van der Waals surface area contributed by atoms with Crippen LogP contribution in [0, 0.1) is 11.3 Å². The molecular weight excluding hydrogens is 242 g/mol. The zero-order chi connectivity index (χ0) is 13.9. The lowest BCUT2D eigenvalue weighted by Crippen LogP contribution is -2.45. The SMILES string of the molecule is CN(CC1(O)CCOCC1)c1cccc(C#N)c1N. The normalized spacial score (nSPS) is 17.7. The van der Waals surface area contributed by atoms with E-state index in [9.17, 15) is 5.11 Å². The second kappa shape index (κ2) is 5.47. The van der Waals surface area contributed by atoms with Crippen molar-refractivity contribution in [3.05, 3.63) is 23.8 Å². The molecular formula is C14H19N3O2. The number of nitrogen functional groups attached to an aromatic ring is 1. The van der Waals surface area contributed by atoms with E-state index in [1.807, 2.05) is 18.0 Å². The van der Waals surface area contributed by atoms with Gasteiger partial charge in [-0.3, -0.25) is 0 Å². The number of benzene rings is 1. The second-order valence-electron chi connectivity index (χ2n) is 5.04. The standard InChI is InChI=1S/C14H19N3O2/c1-17(10-14(18)5-7-19-8-6-14)12-4-2-3-11(9-15)13(12)16/h2-4,18H,5-8,10,16H2,1H3. The second-order valence-corrected chi connectivity index (χ2v) is 5.04. The highest BCUT2D eigenvalue weighted by Gasteiger charge is 2.31. The molecule has 0 spiro atoms. The topological polar surface area (TPSA) is 82.5 Å². The van der Waals surface area contributed by atoms with Gasteiger partial charge in [-0.2, -0.15) is 5.26 Å². The van der Waals surface area contributed by atoms with E-state index in [-0.39, 0.29) is 0 Å². The van der Waals surface area contributed by atoms with Gasteiger partial charge in [-0.15, -0.1) is 0 Å². The van der Waals surface area contributed by atoms with Gasteiger partial charge < -0.3 is 20.5 Å². The Morgan fingerprint density at radius 3 is 2.79 bits per heavy atom. The van der Waals surface area contributed by atoms with Crippen molar-refractivity contribution in [2.45, 2.75) is 18.4 Å². The summed E-state index contributed by atoms with van der Waals surface area (Å²) in [6.07, 6.45) is 1.24. The minimum absolute atomic E-state index is 0.461. The van der Waals surface area contributed by atoms with Crippen molar-refractivity contribution in [2.24, 2.45) is 0 Å². The molecule has 102 valence electrons. The first-order valence-electron chi connectivity index (χ1n) is 6.35. The first-order valence-corrected chi connectivity index (χ1v) is 6.35. The number of hydrogen-bond acceptors (Lipinski definition) is 5. The number of para-hydroxylation sites is 1. The van der Waals surface area contributed by atoms with Gasteiger partial charge in [0.15, 0.2) is 0 Å². The first-order chi connectivity index (χ1) is 9.06. The molecule has 2 rings (SSSR count). The average molecular weight is 261 g/mol. The smallest absolute Gasteiger partial charge is 0.101 e. The maximum atomic E-state index is 10.5. The van der Waals surface area contributed by atoms with Crippen LogP contribution in [0.5, 0.6) is 0 Å². The highest BCUT2D eigenvalue weighted by Crippen LogP contribution is 2.29. The molecule has 0 atom stereocenters. The van der Waals surface area contributed by atoms with Gasteiger partial charge in [-0.1, -0.05) is 6.07 Å². The summed E-state index contributed by atoms with van der Waals surface area (Å²) in [5.74, 6) is 0. The Morgan fingerprint density at radius 2 is 2.16 bits per heavy atom. The van der Waals surface area contributed by atoms with E-state index in [0.29, 0.717) is 43.9 Å². The van der Waals surface area contributed by atoms with E-state index < -0.39 is 5.60 Å². The number of nitrogens with two attached hydrogens (primary N) is 1. The van der Waals surface area contributed by atoms with Gasteiger partial charge in [0.2, 0.25) is 0 Å². The summed E-state index contributed by atoms with van der Waals surface area (Å²) in [5, 5.41) is 19.5. The van der Waals surface area contributed by atoms with Crippen LogP contribution in [0.15, 0.2) is 18.2 Å². The van der Waals surface area contributed by atoms with Crippen molar-refractivity contribution in [3.8, 4) is 6.07 Å². The molecule has 0 radical (unpaired) electrons. The number of nitriles is 1. The molecule has 3 N–H and O–H groups in total. The van der Waals surface area contributed by atoms with Gasteiger partial charge in [-0.25, -0.2) is 0 Å². The van der Waals surface area contributed by atoms with Crippen LogP contribution in [0.3, 0.4) is 0 Å². The summed E-state index contributed by atoms with van der Waals surface area (Å²) in [5.41, 5.74) is 6.92. The summed E-state index contributed by atoms with van der Waals surface area (Å²) >= 11 is 0. The van der Waals surface area contributed by atoms with Crippen LogP contribution >= 0.6 is 0 Å². The van der Waals surface area contributed by atoms with Crippen LogP contribution in [0.25, 0.3) is 0 Å². The van der Waals surface area contributed by atoms with Crippen molar-refractivity contribution in [3.63, 3.8) is 0 Å². The minimum atomic E-state index is -0.748. The van der Waals surface area contributed by atoms with E-state index in [2.05, 4.69) is 6.07 Å². The molecule has 1 saturated heterocycles. The van der Waals surface area contributed by atoms with Crippen LogP contribution in [0.1, 0.15) is 18.4 Å². The molecule has 5 nitrogen and oxygen atoms in total. The molecule has 19 heavy (non-hydrogen) atoms. The fourth-order valence-corrected chi connectivity index (χ4v) is 2.42. The lowest BCUT2D eigenvalue weighted by molar-refractivity contribution is -0.0572. The lowest BCUT2D eigenvalue weighted by Gasteiger charge is -2.36. The van der Waals surface area contributed by atoms with E-state index in [1.54, 1.807) is 12.1 Å². The number of aliphatic hydroxyl groups is 1. The van der Waals surface area contributed by atoms with Crippen LogP contribution in [0.2, 0.25) is 0 Å². The Hall–Kier alpha value is -1.77. The molecule has 1 aromatic carbocycles. The number of anilines is 2. The maximum Gasteiger partial charge on any atom is 0.101 e. The Balaban J connectivity index is 2.16. The highest BCUT2D eigenvalue weighted by atomic mass is 16.5. The molecule has 1 aromatic rings. The van der Waals surface area contributed by atoms with E-state index in [0.717, 1.165) is 5.69 Å². The van der Waals surface area contributed by atoms with Crippen molar-refractivity contribution >= 4 is 11.4 Å². The number of ether oxygens (including phenoxy) is 1. The van der Waals surface area contributed by atoms with E-state index in [1.165, 1.54) is 0 Å². The molecule has 1 aliphatic rings. The van der Waals surface area contributed by atoms with Crippen LogP contribution in [-0.4, -0.2) is 37.5 Å². The van der Waals surface area contributed by atoms with Crippen LogP contribution in [-0.2, 0) is 4.74 Å². The van der Waals surface area contributed by atoms with E-state index >= 15 is 0 Å². The first kappa shape index (κ1) is 13.7. The molecule has 0 amide bonds. The lowest BCUT2D eigenvalue weighted by atomic mass is 9.93. The molecule has 0 saturated carbocycles. The predicted molar refractivity (Wildman–Crippen MR) is 73.8 cm³/mol. The molecule has 1 heterocycles. The van der Waals surface area contributed by atoms with Crippen molar-refractivity contribution in [2.75, 3.05) is 37.4 Å². The number of likely N-dealkylation sites (N-methyl/N-ethyl adjacent to an activating group) is 1. The minimum Gasteiger partial charge on any atom is -0.396 e. The fraction of sp³-hybridized carbons (Fsp3) is 0.500. The monoisotopic (exact) mass is 261 g/mol.